The number of ketones is 1. The molecule has 0 bridgehead atoms. The number of urea groups is 1. The normalized spacial score (nSPS) is 32.8. The number of carbonyl (C=O) groups excluding carboxylic acids is 5. The Hall–Kier alpha value is -2.74. The van der Waals surface area contributed by atoms with E-state index in [2.05, 4.69) is 35.1 Å². The molecule has 14 heteroatoms. The van der Waals surface area contributed by atoms with Crippen LogP contribution in [0.15, 0.2) is 0 Å². The van der Waals surface area contributed by atoms with Gasteiger partial charge in [0.2, 0.25) is 27.6 Å². The minimum absolute atomic E-state index is 0.0920. The summed E-state index contributed by atoms with van der Waals surface area (Å²) in [6.07, 6.45) is 12.8. The number of carbonyl (C=O) groups is 5. The van der Waals surface area contributed by atoms with Crippen LogP contribution in [0.25, 0.3) is 0 Å². The van der Waals surface area contributed by atoms with Crippen LogP contribution in [0.2, 0.25) is 0 Å². The van der Waals surface area contributed by atoms with Gasteiger partial charge in [-0.3, -0.25) is 19.2 Å². The Bertz CT molecular complexity index is 1410. The molecule has 13 nitrogen and oxygen atoms in total. The lowest BCUT2D eigenvalue weighted by molar-refractivity contribution is -0.144. The highest BCUT2D eigenvalue weighted by Crippen LogP contribution is 2.65. The van der Waals surface area contributed by atoms with Crippen LogP contribution in [-0.2, 0) is 29.2 Å². The highest BCUT2D eigenvalue weighted by molar-refractivity contribution is 7.90. The van der Waals surface area contributed by atoms with Crippen molar-refractivity contribution < 1.29 is 32.4 Å². The summed E-state index contributed by atoms with van der Waals surface area (Å²) in [6, 6.07) is -3.28. The minimum Gasteiger partial charge on any atom is -0.349 e. The zero-order valence-corrected chi connectivity index (χ0v) is 32.1. The van der Waals surface area contributed by atoms with Gasteiger partial charge in [0.25, 0.3) is 5.91 Å². The molecule has 5 amide bonds. The van der Waals surface area contributed by atoms with Crippen molar-refractivity contribution in [3.8, 4) is 0 Å². The molecule has 2 aliphatic carbocycles. The van der Waals surface area contributed by atoms with E-state index in [1.807, 2.05) is 6.92 Å². The summed E-state index contributed by atoms with van der Waals surface area (Å²) in [5.74, 6) is -2.17. The Kier molecular flexibility index (Phi) is 12.8. The van der Waals surface area contributed by atoms with Gasteiger partial charge in [0.05, 0.1) is 16.8 Å². The summed E-state index contributed by atoms with van der Waals surface area (Å²) in [5, 5.41) is 10.9. The van der Waals surface area contributed by atoms with E-state index >= 15 is 0 Å². The van der Waals surface area contributed by atoms with Crippen LogP contribution < -0.4 is 21.3 Å². The molecule has 6 atom stereocenters. The molecule has 2 saturated carbocycles. The average Bonchev–Trinajstić information content (AvgIpc) is 3.34. The van der Waals surface area contributed by atoms with Crippen molar-refractivity contribution >= 4 is 39.6 Å². The van der Waals surface area contributed by atoms with E-state index in [1.165, 1.54) is 4.31 Å². The number of nitrogens with zero attached hydrogens (tertiary/aromatic N) is 2. The highest BCUT2D eigenvalue weighted by atomic mass is 32.2. The van der Waals surface area contributed by atoms with E-state index in [9.17, 15) is 32.4 Å². The summed E-state index contributed by atoms with van der Waals surface area (Å²) in [4.78, 5) is 70.3. The van der Waals surface area contributed by atoms with Gasteiger partial charge in [0.1, 0.15) is 12.1 Å². The highest BCUT2D eigenvalue weighted by Gasteiger charge is 2.69. The number of hydrogen-bond donors (Lipinski definition) is 4. The van der Waals surface area contributed by atoms with E-state index in [0.717, 1.165) is 64.2 Å². The Labute approximate surface area is 304 Å². The minimum atomic E-state index is -3.58. The third-order valence-electron chi connectivity index (χ3n) is 12.7. The molecule has 5 aliphatic rings. The second-order valence-corrected chi connectivity index (χ2v) is 18.7. The number of Topliss-reactive ketones (excluding diaryl/α,β-unsaturated/α-hetero) is 1. The molecule has 0 aromatic carbocycles. The second kappa shape index (κ2) is 16.5. The monoisotopic (exact) mass is 734 g/mol. The maximum atomic E-state index is 14.5. The molecule has 4 N–H and O–H groups in total. The van der Waals surface area contributed by atoms with Gasteiger partial charge in [-0.15, -0.1) is 0 Å². The Balaban J connectivity index is 1.38. The number of amides is 5. The van der Waals surface area contributed by atoms with Crippen molar-refractivity contribution in [2.75, 3.05) is 26.7 Å². The van der Waals surface area contributed by atoms with E-state index in [0.29, 0.717) is 64.6 Å². The lowest BCUT2D eigenvalue weighted by Crippen LogP contribution is -2.63. The van der Waals surface area contributed by atoms with Crippen molar-refractivity contribution in [2.24, 2.45) is 17.3 Å². The third kappa shape index (κ3) is 8.57. The molecular formula is C37H62N6O7S. The average molecular weight is 735 g/mol. The van der Waals surface area contributed by atoms with E-state index in [-0.39, 0.29) is 23.2 Å². The Morgan fingerprint density at radius 1 is 0.882 bits per heavy atom. The van der Waals surface area contributed by atoms with Gasteiger partial charge >= 0.3 is 6.03 Å². The summed E-state index contributed by atoms with van der Waals surface area (Å²) >= 11 is 0. The Morgan fingerprint density at radius 2 is 1.49 bits per heavy atom. The zero-order chi connectivity index (χ0) is 37.0. The van der Waals surface area contributed by atoms with Gasteiger partial charge in [-0.1, -0.05) is 91.4 Å². The largest absolute Gasteiger partial charge is 0.349 e. The maximum Gasteiger partial charge on any atom is 0.315 e. The van der Waals surface area contributed by atoms with Gasteiger partial charge in [-0.25, -0.2) is 17.5 Å². The molecular weight excluding hydrogens is 673 g/mol. The molecule has 0 radical (unpaired) electrons. The molecule has 288 valence electrons. The number of fused-ring (bicyclic) bond motifs is 3. The van der Waals surface area contributed by atoms with Crippen molar-refractivity contribution in [3.63, 3.8) is 0 Å². The fraction of sp³-hybridized carbons (Fsp3) is 0.865. The fourth-order valence-corrected chi connectivity index (χ4v) is 11.6. The lowest BCUT2D eigenvalue weighted by atomic mass is 9.78. The van der Waals surface area contributed by atoms with Crippen LogP contribution >= 0.6 is 0 Å². The fourth-order valence-electron chi connectivity index (χ4n) is 9.52. The molecule has 0 spiro atoms. The first-order valence-electron chi connectivity index (χ1n) is 19.7. The number of rotatable bonds is 7. The standard InChI is InChI=1S/C37H62N6O7S/c1-5-22-38-33(46)31(44)26-17-13-10-8-6-7-9-11-14-18-27(34(47)43-24-25-29(36(25,2)3)30(43)32(45)39-26)40-35(48)41-37(20-15-12-16-21-37)28-19-23-42(4)51(28,49)50/h25-30H,5-24H2,1-4H3,(H,38,46)(H,39,45)(H2,40,41,48)/t25-,26+,27+,28-,29-,30-/m0/s1. The van der Waals surface area contributed by atoms with Gasteiger partial charge in [0, 0.05) is 26.7 Å². The number of piperidine rings is 1. The predicted octanol–water partition coefficient (Wildman–Crippen LogP) is 3.37. The number of hydrogen-bond acceptors (Lipinski definition) is 7. The van der Waals surface area contributed by atoms with Crippen molar-refractivity contribution in [2.45, 2.75) is 159 Å². The van der Waals surface area contributed by atoms with E-state index in [1.54, 1.807) is 11.9 Å². The lowest BCUT2D eigenvalue weighted by Gasteiger charge is -2.42. The first-order valence-corrected chi connectivity index (χ1v) is 21.2. The molecule has 5 fully saturated rings. The van der Waals surface area contributed by atoms with Crippen molar-refractivity contribution in [1.82, 2.24) is 30.5 Å². The topological polar surface area (TPSA) is 174 Å². The molecule has 3 aliphatic heterocycles. The summed E-state index contributed by atoms with van der Waals surface area (Å²) in [6.45, 7) is 7.21. The van der Waals surface area contributed by atoms with Crippen molar-refractivity contribution in [3.05, 3.63) is 0 Å². The van der Waals surface area contributed by atoms with E-state index in [4.69, 9.17) is 0 Å². The quantitative estimate of drug-likeness (QED) is 0.290. The predicted molar refractivity (Wildman–Crippen MR) is 194 cm³/mol. The molecule has 3 heterocycles. The van der Waals surface area contributed by atoms with Crippen LogP contribution in [0, 0.1) is 17.3 Å². The third-order valence-corrected chi connectivity index (χ3v) is 15.2. The maximum absolute atomic E-state index is 14.5. The SMILES string of the molecule is CCCNC(=O)C(=O)[C@H]1CCCCCCCCCC[C@@H](NC(=O)NC2([C@@H]3CCN(C)S3(=O)=O)CCCCC2)C(=O)N2C[C@H]3[C@@H]([C@H]2C(=O)N1)C3(C)C. The summed E-state index contributed by atoms with van der Waals surface area (Å²) in [7, 11) is -2.00. The number of nitrogens with one attached hydrogen (secondary N) is 4. The van der Waals surface area contributed by atoms with E-state index < -0.39 is 62.6 Å². The van der Waals surface area contributed by atoms with Crippen LogP contribution in [0.4, 0.5) is 4.79 Å². The second-order valence-electron chi connectivity index (χ2n) is 16.5. The molecule has 0 aromatic heterocycles. The van der Waals surface area contributed by atoms with Crippen LogP contribution in [0.1, 0.15) is 130 Å². The van der Waals surface area contributed by atoms with Gasteiger partial charge < -0.3 is 26.2 Å². The first-order chi connectivity index (χ1) is 24.2. The molecule has 51 heavy (non-hydrogen) atoms. The molecule has 0 aromatic rings. The summed E-state index contributed by atoms with van der Waals surface area (Å²) < 4.78 is 28.1. The first kappa shape index (κ1) is 39.5. The van der Waals surface area contributed by atoms with Crippen LogP contribution in [0.3, 0.4) is 0 Å². The molecule has 5 rings (SSSR count). The number of sulfonamides is 1. The zero-order valence-electron chi connectivity index (χ0n) is 31.3. The smallest absolute Gasteiger partial charge is 0.315 e. The molecule has 0 unspecified atom stereocenters. The van der Waals surface area contributed by atoms with Gasteiger partial charge in [0.15, 0.2) is 0 Å². The van der Waals surface area contributed by atoms with Gasteiger partial charge in [-0.05, 0) is 55.8 Å². The van der Waals surface area contributed by atoms with Gasteiger partial charge in [-0.2, -0.15) is 0 Å². The molecule has 3 saturated heterocycles. The van der Waals surface area contributed by atoms with Crippen LogP contribution in [-0.4, -0.2) is 103 Å². The van der Waals surface area contributed by atoms with Crippen molar-refractivity contribution in [1.29, 1.82) is 0 Å². The van der Waals surface area contributed by atoms with Crippen LogP contribution in [0.5, 0.6) is 0 Å². The Morgan fingerprint density at radius 3 is 2.10 bits per heavy atom. The summed E-state index contributed by atoms with van der Waals surface area (Å²) in [5.41, 5.74) is -1.10.